The van der Waals surface area contributed by atoms with E-state index in [1.165, 1.54) is 0 Å². The van der Waals surface area contributed by atoms with Gasteiger partial charge < -0.3 is 4.98 Å². The molecule has 1 aromatic carbocycles. The number of carbonyl (C=O) groups is 1. The van der Waals surface area contributed by atoms with Crippen LogP contribution in [0.3, 0.4) is 0 Å². The molecular weight excluding hydrogens is 204 g/mol. The Kier molecular flexibility index (Phi) is 2.40. The van der Waals surface area contributed by atoms with Gasteiger partial charge in [0.15, 0.2) is 0 Å². The number of hydrazine groups is 1. The van der Waals surface area contributed by atoms with Crippen molar-refractivity contribution in [1.82, 2.24) is 15.4 Å². The van der Waals surface area contributed by atoms with Crippen LogP contribution in [-0.4, -0.2) is 15.9 Å². The molecule has 0 atom stereocenters. The Morgan fingerprint density at radius 3 is 2.94 bits per heavy atom. The lowest BCUT2D eigenvalue weighted by Gasteiger charge is -2.22. The third kappa shape index (κ3) is 1.55. The lowest BCUT2D eigenvalue weighted by Crippen LogP contribution is -2.43. The molecule has 1 aromatic heterocycles. The first-order valence-electron chi connectivity index (χ1n) is 5.00. The fourth-order valence-electron chi connectivity index (χ4n) is 1.64. The van der Waals surface area contributed by atoms with Gasteiger partial charge in [0.2, 0.25) is 5.91 Å². The van der Waals surface area contributed by atoms with Crippen molar-refractivity contribution in [1.29, 1.82) is 0 Å². The van der Waals surface area contributed by atoms with Crippen molar-refractivity contribution in [2.45, 2.75) is 19.3 Å². The number of rotatable bonds is 2. The second kappa shape index (κ2) is 3.61. The summed E-state index contributed by atoms with van der Waals surface area (Å²) in [7, 11) is 0. The topological polar surface area (TPSA) is 83.8 Å². The Bertz CT molecular complexity index is 530. The Labute approximate surface area is 93.0 Å². The van der Waals surface area contributed by atoms with E-state index in [9.17, 15) is 4.79 Å². The number of fused-ring (bicyclic) bond motifs is 1. The van der Waals surface area contributed by atoms with Gasteiger partial charge in [-0.3, -0.25) is 10.2 Å². The minimum Gasteiger partial charge on any atom is -0.345 e. The van der Waals surface area contributed by atoms with Crippen LogP contribution in [-0.2, 0) is 10.2 Å². The van der Waals surface area contributed by atoms with E-state index in [0.717, 1.165) is 16.6 Å². The highest BCUT2D eigenvalue weighted by Gasteiger charge is 2.29. The number of aromatic nitrogens is 2. The number of hydrogen-bond donors (Lipinski definition) is 3. The SMILES string of the molecule is CC(C)(C(=O)NN)c1ccc2nc[nH]c2c1. The van der Waals surface area contributed by atoms with E-state index >= 15 is 0 Å². The minimum atomic E-state index is -0.659. The van der Waals surface area contributed by atoms with E-state index < -0.39 is 5.41 Å². The van der Waals surface area contributed by atoms with Crippen molar-refractivity contribution in [3.8, 4) is 0 Å². The van der Waals surface area contributed by atoms with Gasteiger partial charge in [-0.25, -0.2) is 10.8 Å². The summed E-state index contributed by atoms with van der Waals surface area (Å²) in [5.74, 6) is 4.95. The van der Waals surface area contributed by atoms with Crippen LogP contribution in [0.15, 0.2) is 24.5 Å². The average Bonchev–Trinajstić information content (AvgIpc) is 2.74. The molecule has 5 heteroatoms. The number of imidazole rings is 1. The molecule has 1 heterocycles. The van der Waals surface area contributed by atoms with Gasteiger partial charge in [-0.05, 0) is 31.5 Å². The molecule has 0 bridgehead atoms. The number of nitrogens with two attached hydrogens (primary N) is 1. The second-order valence-electron chi connectivity index (χ2n) is 4.23. The number of H-pyrrole nitrogens is 1. The first-order chi connectivity index (χ1) is 7.55. The van der Waals surface area contributed by atoms with Crippen molar-refractivity contribution >= 4 is 16.9 Å². The Morgan fingerprint density at radius 1 is 1.50 bits per heavy atom. The summed E-state index contributed by atoms with van der Waals surface area (Å²) < 4.78 is 0. The second-order valence-corrected chi connectivity index (χ2v) is 4.23. The molecule has 1 amide bonds. The van der Waals surface area contributed by atoms with Gasteiger partial charge in [0, 0.05) is 0 Å². The summed E-state index contributed by atoms with van der Waals surface area (Å²) in [5.41, 5.74) is 4.21. The van der Waals surface area contributed by atoms with Gasteiger partial charge in [0.05, 0.1) is 22.8 Å². The van der Waals surface area contributed by atoms with E-state index in [1.54, 1.807) is 6.33 Å². The number of amides is 1. The van der Waals surface area contributed by atoms with Crippen molar-refractivity contribution in [3.63, 3.8) is 0 Å². The largest absolute Gasteiger partial charge is 0.345 e. The zero-order valence-electron chi connectivity index (χ0n) is 9.24. The van der Waals surface area contributed by atoms with Gasteiger partial charge in [-0.15, -0.1) is 0 Å². The molecule has 16 heavy (non-hydrogen) atoms. The van der Waals surface area contributed by atoms with Crippen LogP contribution in [0.25, 0.3) is 11.0 Å². The third-order valence-electron chi connectivity index (χ3n) is 2.84. The van der Waals surface area contributed by atoms with Gasteiger partial charge in [-0.2, -0.15) is 0 Å². The standard InChI is InChI=1S/C11H14N4O/c1-11(2,10(16)15-12)7-3-4-8-9(5-7)14-6-13-8/h3-6H,12H2,1-2H3,(H,13,14)(H,15,16). The number of nitrogens with one attached hydrogen (secondary N) is 2. The fraction of sp³-hybridized carbons (Fsp3) is 0.273. The fourth-order valence-corrected chi connectivity index (χ4v) is 1.64. The summed E-state index contributed by atoms with van der Waals surface area (Å²) in [5, 5.41) is 0. The van der Waals surface area contributed by atoms with Crippen molar-refractivity contribution < 1.29 is 4.79 Å². The molecule has 5 nitrogen and oxygen atoms in total. The summed E-state index contributed by atoms with van der Waals surface area (Å²) in [6.45, 7) is 3.65. The molecule has 0 saturated heterocycles. The molecular formula is C11H14N4O. The van der Waals surface area contributed by atoms with Crippen LogP contribution in [0.4, 0.5) is 0 Å². The van der Waals surface area contributed by atoms with Gasteiger partial charge in [-0.1, -0.05) is 6.07 Å². The predicted molar refractivity (Wildman–Crippen MR) is 61.4 cm³/mol. The molecule has 0 radical (unpaired) electrons. The average molecular weight is 218 g/mol. The van der Waals surface area contributed by atoms with E-state index in [2.05, 4.69) is 15.4 Å². The molecule has 4 N–H and O–H groups in total. The van der Waals surface area contributed by atoms with Crippen molar-refractivity contribution in [3.05, 3.63) is 30.1 Å². The van der Waals surface area contributed by atoms with Gasteiger partial charge >= 0.3 is 0 Å². The first kappa shape index (κ1) is 10.6. The van der Waals surface area contributed by atoms with Crippen molar-refractivity contribution in [2.24, 2.45) is 5.84 Å². The normalized spacial score (nSPS) is 11.7. The van der Waals surface area contributed by atoms with Crippen LogP contribution in [0, 0.1) is 0 Å². The Balaban J connectivity index is 2.50. The zero-order chi connectivity index (χ0) is 11.8. The zero-order valence-corrected chi connectivity index (χ0v) is 9.24. The first-order valence-corrected chi connectivity index (χ1v) is 5.00. The van der Waals surface area contributed by atoms with Crippen LogP contribution in [0.5, 0.6) is 0 Å². The molecule has 0 saturated carbocycles. The summed E-state index contributed by atoms with van der Waals surface area (Å²) in [6, 6.07) is 5.68. The summed E-state index contributed by atoms with van der Waals surface area (Å²) >= 11 is 0. The van der Waals surface area contributed by atoms with E-state index in [0.29, 0.717) is 0 Å². The maximum Gasteiger partial charge on any atom is 0.243 e. The summed E-state index contributed by atoms with van der Waals surface area (Å²) in [6.07, 6.45) is 1.63. The van der Waals surface area contributed by atoms with Gasteiger partial charge in [0.25, 0.3) is 0 Å². The van der Waals surface area contributed by atoms with Gasteiger partial charge in [0.1, 0.15) is 0 Å². The highest BCUT2D eigenvalue weighted by Crippen LogP contribution is 2.25. The number of benzene rings is 1. The van der Waals surface area contributed by atoms with Crippen LogP contribution < -0.4 is 11.3 Å². The minimum absolute atomic E-state index is 0.216. The molecule has 0 aliphatic rings. The molecule has 0 unspecified atom stereocenters. The quantitative estimate of drug-likeness (QED) is 0.396. The van der Waals surface area contributed by atoms with E-state index in [4.69, 9.17) is 5.84 Å². The summed E-state index contributed by atoms with van der Waals surface area (Å²) in [4.78, 5) is 18.8. The molecule has 2 rings (SSSR count). The molecule has 0 spiro atoms. The smallest absolute Gasteiger partial charge is 0.243 e. The lowest BCUT2D eigenvalue weighted by molar-refractivity contribution is -0.125. The maximum atomic E-state index is 11.6. The lowest BCUT2D eigenvalue weighted by atomic mass is 9.84. The number of aromatic amines is 1. The molecule has 0 aliphatic carbocycles. The monoisotopic (exact) mass is 218 g/mol. The Hall–Kier alpha value is -1.88. The van der Waals surface area contributed by atoms with E-state index in [1.807, 2.05) is 32.0 Å². The predicted octanol–water partition coefficient (Wildman–Crippen LogP) is 0.830. The van der Waals surface area contributed by atoms with Crippen LogP contribution >= 0.6 is 0 Å². The number of hydrogen-bond acceptors (Lipinski definition) is 3. The number of nitrogens with zero attached hydrogens (tertiary/aromatic N) is 1. The molecule has 2 aromatic rings. The van der Waals surface area contributed by atoms with E-state index in [-0.39, 0.29) is 5.91 Å². The van der Waals surface area contributed by atoms with Crippen LogP contribution in [0.1, 0.15) is 19.4 Å². The molecule has 84 valence electrons. The maximum absolute atomic E-state index is 11.6. The molecule has 0 aliphatic heterocycles. The highest BCUT2D eigenvalue weighted by atomic mass is 16.2. The third-order valence-corrected chi connectivity index (χ3v) is 2.84. The Morgan fingerprint density at radius 2 is 2.25 bits per heavy atom. The number of carbonyl (C=O) groups excluding carboxylic acids is 1. The molecule has 0 fully saturated rings. The van der Waals surface area contributed by atoms with Crippen LogP contribution in [0.2, 0.25) is 0 Å². The van der Waals surface area contributed by atoms with Crippen molar-refractivity contribution in [2.75, 3.05) is 0 Å². The highest BCUT2D eigenvalue weighted by molar-refractivity contribution is 5.88.